The maximum absolute atomic E-state index is 11.7. The lowest BCUT2D eigenvalue weighted by Gasteiger charge is -2.26. The molecule has 7 heteroatoms. The van der Waals surface area contributed by atoms with E-state index in [1.807, 2.05) is 6.92 Å². The van der Waals surface area contributed by atoms with Crippen LogP contribution >= 0.6 is 0 Å². The Bertz CT molecular complexity index is 303. The molecule has 1 fully saturated rings. The lowest BCUT2D eigenvalue weighted by molar-refractivity contribution is 0.146. The molecule has 1 aliphatic heterocycles. The highest BCUT2D eigenvalue weighted by Gasteiger charge is 2.14. The highest BCUT2D eigenvalue weighted by Crippen LogP contribution is 1.94. The highest BCUT2D eigenvalue weighted by molar-refractivity contribution is 7.89. The van der Waals surface area contributed by atoms with Crippen LogP contribution in [0.1, 0.15) is 13.3 Å². The Kier molecular flexibility index (Phi) is 7.76. The second kappa shape index (κ2) is 8.82. The average molecular weight is 279 g/mol. The van der Waals surface area contributed by atoms with Crippen LogP contribution in [0, 0.1) is 0 Å². The van der Waals surface area contributed by atoms with E-state index >= 15 is 0 Å². The molecule has 0 atom stereocenters. The summed E-state index contributed by atoms with van der Waals surface area (Å²) in [6, 6.07) is 0. The lowest BCUT2D eigenvalue weighted by Crippen LogP contribution is -2.46. The van der Waals surface area contributed by atoms with Crippen molar-refractivity contribution in [3.05, 3.63) is 0 Å². The van der Waals surface area contributed by atoms with Crippen molar-refractivity contribution in [2.45, 2.75) is 13.3 Å². The molecule has 0 amide bonds. The fourth-order valence-electron chi connectivity index (χ4n) is 1.80. The van der Waals surface area contributed by atoms with Gasteiger partial charge < -0.3 is 10.1 Å². The predicted octanol–water partition coefficient (Wildman–Crippen LogP) is -0.762. The quantitative estimate of drug-likeness (QED) is 0.543. The molecule has 6 nitrogen and oxygen atoms in total. The molecule has 1 rings (SSSR count). The number of piperazine rings is 1. The molecule has 1 saturated heterocycles. The third-order valence-electron chi connectivity index (χ3n) is 2.88. The van der Waals surface area contributed by atoms with Gasteiger partial charge in [-0.05, 0) is 13.3 Å². The number of hydrogen-bond acceptors (Lipinski definition) is 5. The smallest absolute Gasteiger partial charge is 0.212 e. The summed E-state index contributed by atoms with van der Waals surface area (Å²) in [5.41, 5.74) is 0. The molecule has 0 radical (unpaired) electrons. The van der Waals surface area contributed by atoms with Crippen LogP contribution in [-0.2, 0) is 14.8 Å². The van der Waals surface area contributed by atoms with Crippen molar-refractivity contribution in [3.8, 4) is 0 Å². The molecule has 0 spiro atoms. The first-order valence-electron chi connectivity index (χ1n) is 6.62. The summed E-state index contributed by atoms with van der Waals surface area (Å²) in [6.45, 7) is 8.04. The van der Waals surface area contributed by atoms with E-state index in [1.54, 1.807) is 0 Å². The van der Waals surface area contributed by atoms with Crippen molar-refractivity contribution in [2.75, 3.05) is 58.2 Å². The summed E-state index contributed by atoms with van der Waals surface area (Å²) in [5.74, 6) is 0.182. The molecular weight excluding hydrogens is 254 g/mol. The molecule has 1 heterocycles. The normalized spacial score (nSPS) is 18.1. The molecule has 18 heavy (non-hydrogen) atoms. The van der Waals surface area contributed by atoms with Crippen LogP contribution in [0.5, 0.6) is 0 Å². The average Bonchev–Trinajstić information content (AvgIpc) is 2.38. The summed E-state index contributed by atoms with van der Waals surface area (Å²) in [7, 11) is -3.14. The number of nitrogens with one attached hydrogen (secondary N) is 2. The fourth-order valence-corrected chi connectivity index (χ4v) is 2.90. The maximum Gasteiger partial charge on any atom is 0.212 e. The first kappa shape index (κ1) is 15.8. The van der Waals surface area contributed by atoms with Crippen LogP contribution in [0.3, 0.4) is 0 Å². The van der Waals surface area contributed by atoms with E-state index in [2.05, 4.69) is 14.9 Å². The van der Waals surface area contributed by atoms with Gasteiger partial charge in [-0.3, -0.25) is 4.90 Å². The first-order chi connectivity index (χ1) is 8.64. The molecule has 0 unspecified atom stereocenters. The van der Waals surface area contributed by atoms with Gasteiger partial charge in [-0.25, -0.2) is 13.1 Å². The van der Waals surface area contributed by atoms with Gasteiger partial charge in [-0.2, -0.15) is 0 Å². The summed E-state index contributed by atoms with van der Waals surface area (Å²) in [6.07, 6.45) is 0.723. The van der Waals surface area contributed by atoms with Crippen LogP contribution in [0.2, 0.25) is 0 Å². The van der Waals surface area contributed by atoms with Crippen LogP contribution in [0.15, 0.2) is 0 Å². The molecule has 0 aromatic heterocycles. The number of sulfonamides is 1. The SMILES string of the molecule is CCOCCCNS(=O)(=O)CCN1CCNCC1. The van der Waals surface area contributed by atoms with Crippen LogP contribution in [0.4, 0.5) is 0 Å². The van der Waals surface area contributed by atoms with Gasteiger partial charge in [-0.1, -0.05) is 0 Å². The second-order valence-electron chi connectivity index (χ2n) is 4.36. The molecule has 1 aliphatic rings. The van der Waals surface area contributed by atoms with Gasteiger partial charge in [0.2, 0.25) is 10.0 Å². The van der Waals surface area contributed by atoms with Crippen LogP contribution < -0.4 is 10.0 Å². The van der Waals surface area contributed by atoms with Crippen LogP contribution in [0.25, 0.3) is 0 Å². The second-order valence-corrected chi connectivity index (χ2v) is 6.28. The molecule has 0 aliphatic carbocycles. The first-order valence-corrected chi connectivity index (χ1v) is 8.27. The number of ether oxygens (including phenoxy) is 1. The van der Waals surface area contributed by atoms with Gasteiger partial charge >= 0.3 is 0 Å². The van der Waals surface area contributed by atoms with Gasteiger partial charge in [-0.15, -0.1) is 0 Å². The minimum absolute atomic E-state index is 0.182. The Labute approximate surface area is 110 Å². The van der Waals surface area contributed by atoms with E-state index < -0.39 is 10.0 Å². The monoisotopic (exact) mass is 279 g/mol. The van der Waals surface area contributed by atoms with E-state index in [0.717, 1.165) is 32.6 Å². The molecular formula is C11H25N3O3S. The van der Waals surface area contributed by atoms with E-state index in [9.17, 15) is 8.42 Å². The molecule has 0 aromatic carbocycles. The van der Waals surface area contributed by atoms with Crippen LogP contribution in [-0.4, -0.2) is 71.6 Å². The Morgan fingerprint density at radius 1 is 1.33 bits per heavy atom. The number of hydrogen-bond donors (Lipinski definition) is 2. The zero-order valence-electron chi connectivity index (χ0n) is 11.2. The van der Waals surface area contributed by atoms with Gasteiger partial charge in [0, 0.05) is 52.5 Å². The standard InChI is InChI=1S/C11H25N3O3S/c1-2-17-10-3-4-13-18(15,16)11-9-14-7-5-12-6-8-14/h12-13H,2-11H2,1H3. The topological polar surface area (TPSA) is 70.7 Å². The third-order valence-corrected chi connectivity index (χ3v) is 4.24. The van der Waals surface area contributed by atoms with Crippen molar-refractivity contribution < 1.29 is 13.2 Å². The zero-order valence-corrected chi connectivity index (χ0v) is 12.0. The lowest BCUT2D eigenvalue weighted by atomic mass is 10.4. The maximum atomic E-state index is 11.7. The molecule has 0 bridgehead atoms. The third kappa shape index (κ3) is 7.27. The Hall–Kier alpha value is -0.210. The van der Waals surface area contributed by atoms with E-state index in [-0.39, 0.29) is 5.75 Å². The molecule has 2 N–H and O–H groups in total. The number of rotatable bonds is 9. The Balaban J connectivity index is 2.10. The summed E-state index contributed by atoms with van der Waals surface area (Å²) >= 11 is 0. The van der Waals surface area contributed by atoms with Crippen molar-refractivity contribution in [2.24, 2.45) is 0 Å². The van der Waals surface area contributed by atoms with E-state index in [1.165, 1.54) is 0 Å². The van der Waals surface area contributed by atoms with Gasteiger partial charge in [0.05, 0.1) is 5.75 Å². The minimum atomic E-state index is -3.14. The van der Waals surface area contributed by atoms with Gasteiger partial charge in [0.15, 0.2) is 0 Å². The van der Waals surface area contributed by atoms with Crippen molar-refractivity contribution in [1.82, 2.24) is 14.9 Å². The predicted molar refractivity (Wildman–Crippen MR) is 72.2 cm³/mol. The summed E-state index contributed by atoms with van der Waals surface area (Å²) in [5, 5.41) is 3.25. The fraction of sp³-hybridized carbons (Fsp3) is 1.00. The summed E-state index contributed by atoms with van der Waals surface area (Å²) in [4.78, 5) is 2.18. The van der Waals surface area contributed by atoms with Crippen molar-refractivity contribution in [3.63, 3.8) is 0 Å². The zero-order chi connectivity index (χ0) is 13.3. The Morgan fingerprint density at radius 2 is 2.06 bits per heavy atom. The molecule has 0 saturated carbocycles. The Morgan fingerprint density at radius 3 is 2.72 bits per heavy atom. The number of nitrogens with zero attached hydrogens (tertiary/aromatic N) is 1. The van der Waals surface area contributed by atoms with E-state index in [0.29, 0.717) is 26.3 Å². The minimum Gasteiger partial charge on any atom is -0.382 e. The molecule has 0 aromatic rings. The summed E-state index contributed by atoms with van der Waals surface area (Å²) < 4.78 is 31.2. The van der Waals surface area contributed by atoms with Crippen molar-refractivity contribution in [1.29, 1.82) is 0 Å². The van der Waals surface area contributed by atoms with Crippen molar-refractivity contribution >= 4 is 10.0 Å². The van der Waals surface area contributed by atoms with Gasteiger partial charge in [0.1, 0.15) is 0 Å². The molecule has 108 valence electrons. The highest BCUT2D eigenvalue weighted by atomic mass is 32.2. The largest absolute Gasteiger partial charge is 0.382 e. The van der Waals surface area contributed by atoms with Gasteiger partial charge in [0.25, 0.3) is 0 Å². The van der Waals surface area contributed by atoms with E-state index in [4.69, 9.17) is 4.74 Å².